The Balaban J connectivity index is 1.54. The molecule has 2 heterocycles. The minimum absolute atomic E-state index is 0.134. The Labute approximate surface area is 133 Å². The van der Waals surface area contributed by atoms with Crippen molar-refractivity contribution in [3.05, 3.63) is 35.6 Å². The molecule has 2 aliphatic heterocycles. The number of rotatable bonds is 4. The van der Waals surface area contributed by atoms with Crippen LogP contribution in [0.4, 0.5) is 4.39 Å². The maximum atomic E-state index is 13.3. The third-order valence-electron chi connectivity index (χ3n) is 5.45. The highest BCUT2D eigenvalue weighted by molar-refractivity contribution is 5.16. The topological polar surface area (TPSA) is 15.7 Å². The zero-order valence-corrected chi connectivity index (χ0v) is 13.7. The van der Waals surface area contributed by atoms with Gasteiger partial charge in [0.25, 0.3) is 0 Å². The maximum Gasteiger partial charge on any atom is 0.123 e. The number of hydrogen-bond donors (Lipinski definition) is 0. The van der Waals surface area contributed by atoms with Crippen molar-refractivity contribution in [2.75, 3.05) is 40.4 Å². The molecule has 0 bridgehead atoms. The average molecular weight is 306 g/mol. The zero-order valence-electron chi connectivity index (χ0n) is 13.7. The highest BCUT2D eigenvalue weighted by Crippen LogP contribution is 2.42. The molecule has 1 unspecified atom stereocenters. The molecule has 1 aromatic rings. The van der Waals surface area contributed by atoms with Crippen LogP contribution in [0.5, 0.6) is 0 Å². The van der Waals surface area contributed by atoms with E-state index >= 15 is 0 Å². The molecule has 3 rings (SSSR count). The molecule has 4 heteroatoms. The molecule has 1 spiro atoms. The Hall–Kier alpha value is -0.970. The highest BCUT2D eigenvalue weighted by Gasteiger charge is 2.43. The largest absolute Gasteiger partial charge is 0.383 e. The van der Waals surface area contributed by atoms with Crippen LogP contribution in [-0.4, -0.2) is 56.2 Å². The smallest absolute Gasteiger partial charge is 0.123 e. The molecule has 2 fully saturated rings. The summed E-state index contributed by atoms with van der Waals surface area (Å²) >= 11 is 0. The van der Waals surface area contributed by atoms with E-state index in [-0.39, 0.29) is 5.82 Å². The molecular formula is C18H27FN2O. The van der Waals surface area contributed by atoms with Crippen molar-refractivity contribution in [1.82, 2.24) is 9.80 Å². The van der Waals surface area contributed by atoms with E-state index in [0.29, 0.717) is 11.5 Å². The van der Waals surface area contributed by atoms with Crippen LogP contribution in [-0.2, 0) is 11.3 Å². The standard InChI is InChI=1S/C18H27FN2O/c1-20-14-18(11-17(20)13-22-2)6-8-21(9-7-18)12-15-4-3-5-16(19)10-15/h3-5,10,17H,6-9,11-14H2,1-2H3. The number of likely N-dealkylation sites (N-methyl/N-ethyl adjacent to an activating group) is 1. The fourth-order valence-corrected chi connectivity index (χ4v) is 4.20. The van der Waals surface area contributed by atoms with Crippen molar-refractivity contribution in [2.45, 2.75) is 31.8 Å². The number of nitrogens with zero attached hydrogens (tertiary/aromatic N) is 2. The van der Waals surface area contributed by atoms with Gasteiger partial charge in [0, 0.05) is 26.2 Å². The Morgan fingerprint density at radius 1 is 1.32 bits per heavy atom. The summed E-state index contributed by atoms with van der Waals surface area (Å²) in [7, 11) is 4.01. The summed E-state index contributed by atoms with van der Waals surface area (Å²) in [6.07, 6.45) is 3.74. The predicted octanol–water partition coefficient (Wildman–Crippen LogP) is 2.76. The van der Waals surface area contributed by atoms with E-state index in [2.05, 4.69) is 16.8 Å². The van der Waals surface area contributed by atoms with E-state index in [1.165, 1.54) is 31.9 Å². The van der Waals surface area contributed by atoms with Crippen LogP contribution in [0.25, 0.3) is 0 Å². The van der Waals surface area contributed by atoms with Crippen molar-refractivity contribution >= 4 is 0 Å². The van der Waals surface area contributed by atoms with Gasteiger partial charge < -0.3 is 9.64 Å². The SMILES string of the molecule is COCC1CC2(CCN(Cc3cccc(F)c3)CC2)CN1C. The minimum atomic E-state index is -0.134. The lowest BCUT2D eigenvalue weighted by atomic mass is 9.76. The first kappa shape index (κ1) is 15.9. The normalized spacial score (nSPS) is 25.9. The van der Waals surface area contributed by atoms with E-state index in [9.17, 15) is 4.39 Å². The fraction of sp³-hybridized carbons (Fsp3) is 0.667. The van der Waals surface area contributed by atoms with Gasteiger partial charge in [0.05, 0.1) is 6.61 Å². The Morgan fingerprint density at radius 2 is 2.09 bits per heavy atom. The van der Waals surface area contributed by atoms with E-state index in [1.54, 1.807) is 19.2 Å². The Morgan fingerprint density at radius 3 is 2.77 bits per heavy atom. The van der Waals surface area contributed by atoms with Gasteiger partial charge >= 0.3 is 0 Å². The average Bonchev–Trinajstić information content (AvgIpc) is 2.78. The molecule has 3 nitrogen and oxygen atoms in total. The van der Waals surface area contributed by atoms with Crippen LogP contribution in [0, 0.1) is 11.2 Å². The Kier molecular flexibility index (Phi) is 4.81. The molecule has 1 atom stereocenters. The summed E-state index contributed by atoms with van der Waals surface area (Å²) < 4.78 is 18.6. The lowest BCUT2D eigenvalue weighted by molar-refractivity contribution is 0.104. The summed E-state index contributed by atoms with van der Waals surface area (Å²) in [4.78, 5) is 4.93. The lowest BCUT2D eigenvalue weighted by Crippen LogP contribution is -2.40. The number of benzene rings is 1. The molecule has 2 saturated heterocycles. The number of piperidine rings is 1. The first-order valence-electron chi connectivity index (χ1n) is 8.26. The summed E-state index contributed by atoms with van der Waals surface area (Å²) in [5, 5.41) is 0. The third kappa shape index (κ3) is 3.50. The van der Waals surface area contributed by atoms with Crippen LogP contribution in [0.2, 0.25) is 0 Å². The van der Waals surface area contributed by atoms with Crippen LogP contribution < -0.4 is 0 Å². The van der Waals surface area contributed by atoms with Crippen molar-refractivity contribution in [3.8, 4) is 0 Å². The maximum absolute atomic E-state index is 13.3. The molecular weight excluding hydrogens is 279 g/mol. The van der Waals surface area contributed by atoms with Crippen LogP contribution in [0.1, 0.15) is 24.8 Å². The molecule has 0 N–H and O–H groups in total. The van der Waals surface area contributed by atoms with Crippen molar-refractivity contribution in [3.63, 3.8) is 0 Å². The molecule has 122 valence electrons. The van der Waals surface area contributed by atoms with E-state index in [0.717, 1.165) is 31.8 Å². The molecule has 1 aromatic carbocycles. The summed E-state index contributed by atoms with van der Waals surface area (Å²) in [6, 6.07) is 7.56. The van der Waals surface area contributed by atoms with Gasteiger partial charge in [-0.3, -0.25) is 4.90 Å². The summed E-state index contributed by atoms with van der Waals surface area (Å²) in [5.74, 6) is -0.134. The minimum Gasteiger partial charge on any atom is -0.383 e. The second-order valence-electron chi connectivity index (χ2n) is 7.13. The van der Waals surface area contributed by atoms with Crippen LogP contribution in [0.15, 0.2) is 24.3 Å². The monoisotopic (exact) mass is 306 g/mol. The number of halogens is 1. The van der Waals surface area contributed by atoms with E-state index in [4.69, 9.17) is 4.74 Å². The molecule has 0 aliphatic carbocycles. The van der Waals surface area contributed by atoms with Gasteiger partial charge in [-0.25, -0.2) is 4.39 Å². The van der Waals surface area contributed by atoms with Gasteiger partial charge in [0.2, 0.25) is 0 Å². The van der Waals surface area contributed by atoms with Crippen molar-refractivity contribution in [1.29, 1.82) is 0 Å². The first-order valence-corrected chi connectivity index (χ1v) is 8.26. The van der Waals surface area contributed by atoms with Gasteiger partial charge in [-0.2, -0.15) is 0 Å². The summed E-state index contributed by atoms with van der Waals surface area (Å²) in [5.41, 5.74) is 1.55. The number of hydrogen-bond acceptors (Lipinski definition) is 3. The molecule has 2 aliphatic rings. The lowest BCUT2D eigenvalue weighted by Gasteiger charge is -2.39. The van der Waals surface area contributed by atoms with Crippen molar-refractivity contribution in [2.24, 2.45) is 5.41 Å². The van der Waals surface area contributed by atoms with Gasteiger partial charge in [0.15, 0.2) is 0 Å². The first-order chi connectivity index (χ1) is 10.6. The van der Waals surface area contributed by atoms with Gasteiger partial charge in [-0.1, -0.05) is 12.1 Å². The fourth-order valence-electron chi connectivity index (χ4n) is 4.20. The number of ether oxygens (including phenoxy) is 1. The molecule has 22 heavy (non-hydrogen) atoms. The summed E-state index contributed by atoms with van der Waals surface area (Å²) in [6.45, 7) is 5.12. The second kappa shape index (κ2) is 6.65. The zero-order chi connectivity index (χ0) is 15.6. The Bertz CT molecular complexity index is 500. The molecule has 0 amide bonds. The van der Waals surface area contributed by atoms with E-state index in [1.807, 2.05) is 6.07 Å². The van der Waals surface area contributed by atoms with Crippen molar-refractivity contribution < 1.29 is 9.13 Å². The van der Waals surface area contributed by atoms with Crippen LogP contribution >= 0.6 is 0 Å². The quantitative estimate of drug-likeness (QED) is 0.851. The van der Waals surface area contributed by atoms with Gasteiger partial charge in [0.1, 0.15) is 5.82 Å². The third-order valence-corrected chi connectivity index (χ3v) is 5.45. The predicted molar refractivity (Wildman–Crippen MR) is 86.3 cm³/mol. The van der Waals surface area contributed by atoms with Crippen LogP contribution in [0.3, 0.4) is 0 Å². The van der Waals surface area contributed by atoms with Gasteiger partial charge in [-0.05, 0) is 62.5 Å². The van der Waals surface area contributed by atoms with Gasteiger partial charge in [-0.15, -0.1) is 0 Å². The molecule has 0 radical (unpaired) electrons. The number of likely N-dealkylation sites (tertiary alicyclic amines) is 2. The highest BCUT2D eigenvalue weighted by atomic mass is 19.1. The molecule has 0 saturated carbocycles. The molecule has 0 aromatic heterocycles. The van der Waals surface area contributed by atoms with E-state index < -0.39 is 0 Å². The number of methoxy groups -OCH3 is 1. The second-order valence-corrected chi connectivity index (χ2v) is 7.13.